The molecule has 2 aromatic rings. The minimum atomic E-state index is -1.85. The Bertz CT molecular complexity index is 898. The Balaban J connectivity index is 2.08. The van der Waals surface area contributed by atoms with E-state index in [0.29, 0.717) is 30.4 Å². The number of nitrogens with one attached hydrogen (secondary N) is 2. The summed E-state index contributed by atoms with van der Waals surface area (Å²) >= 11 is 0. The predicted octanol–water partition coefficient (Wildman–Crippen LogP) is 3.51. The zero-order chi connectivity index (χ0) is 22.3. The molecule has 0 radical (unpaired) electrons. The van der Waals surface area contributed by atoms with Crippen LogP contribution in [0.5, 0.6) is 5.75 Å². The average Bonchev–Trinajstić information content (AvgIpc) is 2.71. The van der Waals surface area contributed by atoms with Crippen LogP contribution in [0.4, 0.5) is 8.78 Å². The number of rotatable bonds is 8. The zero-order valence-electron chi connectivity index (χ0n) is 17.2. The highest BCUT2D eigenvalue weighted by Gasteiger charge is 2.21. The highest BCUT2D eigenvalue weighted by atomic mass is 19.1. The number of unbranched alkanes of at least 4 members (excludes halogenated alkanes) is 1. The molecule has 0 aliphatic heterocycles. The lowest BCUT2D eigenvalue weighted by atomic mass is 9.98. The average molecular weight is 420 g/mol. The van der Waals surface area contributed by atoms with E-state index in [1.807, 2.05) is 13.8 Å². The fraction of sp³-hybridized carbons (Fsp3) is 0.364. The normalized spacial score (nSPS) is 11.7. The molecule has 3 N–H and O–H groups in total. The molecule has 1 atom stereocenters. The Morgan fingerprint density at radius 3 is 2.37 bits per heavy atom. The zero-order valence-corrected chi connectivity index (χ0v) is 17.2. The molecule has 6 nitrogen and oxygen atoms in total. The van der Waals surface area contributed by atoms with Gasteiger partial charge in [-0.3, -0.25) is 20.4 Å². The highest BCUT2D eigenvalue weighted by molar-refractivity contribution is 5.97. The Kier molecular flexibility index (Phi) is 8.29. The Morgan fingerprint density at radius 2 is 1.77 bits per heavy atom. The Labute approximate surface area is 174 Å². The van der Waals surface area contributed by atoms with Crippen molar-refractivity contribution < 1.29 is 28.2 Å². The van der Waals surface area contributed by atoms with Crippen LogP contribution in [-0.2, 0) is 11.2 Å². The molecule has 2 aromatic carbocycles. The van der Waals surface area contributed by atoms with E-state index < -0.39 is 29.6 Å². The van der Waals surface area contributed by atoms with Crippen LogP contribution in [0.25, 0.3) is 0 Å². The number of benzene rings is 2. The first kappa shape index (κ1) is 23.3. The van der Waals surface area contributed by atoms with E-state index >= 15 is 0 Å². The van der Waals surface area contributed by atoms with E-state index in [1.54, 1.807) is 12.1 Å². The Morgan fingerprint density at radius 1 is 1.10 bits per heavy atom. The van der Waals surface area contributed by atoms with Crippen molar-refractivity contribution in [2.75, 3.05) is 6.61 Å². The van der Waals surface area contributed by atoms with Crippen molar-refractivity contribution in [1.82, 2.24) is 10.9 Å². The molecule has 0 bridgehead atoms. The van der Waals surface area contributed by atoms with Crippen molar-refractivity contribution in [3.63, 3.8) is 0 Å². The summed E-state index contributed by atoms with van der Waals surface area (Å²) in [5, 5.41) is 9.99. The van der Waals surface area contributed by atoms with Gasteiger partial charge < -0.3 is 9.84 Å². The van der Waals surface area contributed by atoms with Crippen LogP contribution in [-0.4, -0.2) is 23.5 Å². The SMILES string of the molecule is CCCCOc1ccc(C(=O)NNC(=O)[C@H](O)c2cc(F)cc(F)c2)c(CC)c1C. The number of hydrogen-bond acceptors (Lipinski definition) is 4. The lowest BCUT2D eigenvalue weighted by molar-refractivity contribution is -0.130. The van der Waals surface area contributed by atoms with E-state index in [4.69, 9.17) is 4.74 Å². The summed E-state index contributed by atoms with van der Waals surface area (Å²) in [5.74, 6) is -2.76. The van der Waals surface area contributed by atoms with Gasteiger partial charge in [0, 0.05) is 11.6 Å². The van der Waals surface area contributed by atoms with Crippen LogP contribution in [0, 0.1) is 18.6 Å². The number of halogens is 2. The second-order valence-corrected chi connectivity index (χ2v) is 6.82. The minimum absolute atomic E-state index is 0.266. The van der Waals surface area contributed by atoms with Gasteiger partial charge in [-0.15, -0.1) is 0 Å². The first-order chi connectivity index (χ1) is 14.3. The van der Waals surface area contributed by atoms with E-state index in [2.05, 4.69) is 17.8 Å². The van der Waals surface area contributed by atoms with Gasteiger partial charge in [-0.2, -0.15) is 0 Å². The fourth-order valence-corrected chi connectivity index (χ4v) is 3.02. The minimum Gasteiger partial charge on any atom is -0.493 e. The smallest absolute Gasteiger partial charge is 0.271 e. The maximum atomic E-state index is 13.3. The molecule has 0 spiro atoms. The molecule has 0 saturated heterocycles. The van der Waals surface area contributed by atoms with Gasteiger partial charge in [0.25, 0.3) is 11.8 Å². The van der Waals surface area contributed by atoms with Crippen molar-refractivity contribution in [2.24, 2.45) is 0 Å². The quantitative estimate of drug-likeness (QED) is 0.451. The van der Waals surface area contributed by atoms with Crippen molar-refractivity contribution in [3.05, 3.63) is 64.2 Å². The lowest BCUT2D eigenvalue weighted by Crippen LogP contribution is -2.44. The summed E-state index contributed by atoms with van der Waals surface area (Å²) in [5.41, 5.74) is 5.99. The number of aliphatic hydroxyl groups excluding tert-OH is 1. The van der Waals surface area contributed by atoms with Gasteiger partial charge in [-0.25, -0.2) is 8.78 Å². The number of ether oxygens (including phenoxy) is 1. The van der Waals surface area contributed by atoms with Crippen molar-refractivity contribution in [3.8, 4) is 5.75 Å². The number of carbonyl (C=O) groups is 2. The highest BCUT2D eigenvalue weighted by Crippen LogP contribution is 2.26. The second-order valence-electron chi connectivity index (χ2n) is 6.82. The molecule has 162 valence electrons. The van der Waals surface area contributed by atoms with Gasteiger partial charge in [0.15, 0.2) is 6.10 Å². The molecule has 0 fully saturated rings. The third kappa shape index (κ3) is 5.76. The largest absolute Gasteiger partial charge is 0.493 e. The van der Waals surface area contributed by atoms with Gasteiger partial charge in [0.2, 0.25) is 0 Å². The monoisotopic (exact) mass is 420 g/mol. The molecule has 2 rings (SSSR count). The summed E-state index contributed by atoms with van der Waals surface area (Å²) in [6.45, 7) is 6.41. The molecule has 0 saturated carbocycles. The summed E-state index contributed by atoms with van der Waals surface area (Å²) in [4.78, 5) is 24.6. The molecular weight excluding hydrogens is 394 g/mol. The second kappa shape index (κ2) is 10.7. The van der Waals surface area contributed by atoms with Crippen LogP contribution in [0.3, 0.4) is 0 Å². The van der Waals surface area contributed by atoms with Crippen molar-refractivity contribution >= 4 is 11.8 Å². The third-order valence-electron chi connectivity index (χ3n) is 4.65. The molecule has 0 heterocycles. The van der Waals surface area contributed by atoms with Crippen molar-refractivity contribution in [2.45, 2.75) is 46.1 Å². The van der Waals surface area contributed by atoms with Gasteiger partial charge in [-0.05, 0) is 60.7 Å². The topological polar surface area (TPSA) is 87.7 Å². The Hall–Kier alpha value is -3.00. The van der Waals surface area contributed by atoms with Crippen LogP contribution >= 0.6 is 0 Å². The standard InChI is InChI=1S/C22H26F2N2O4/c1-4-6-9-30-19-8-7-18(17(5-2)13(19)3)21(28)25-26-22(29)20(27)14-10-15(23)12-16(24)11-14/h7-8,10-12,20,27H,4-6,9H2,1-3H3,(H,25,28)(H,26,29)/t20-/m1/s1. The van der Waals surface area contributed by atoms with E-state index in [1.165, 1.54) is 0 Å². The number of hydrogen-bond donors (Lipinski definition) is 3. The summed E-state index contributed by atoms with van der Waals surface area (Å²) < 4.78 is 32.3. The molecule has 8 heteroatoms. The first-order valence-electron chi connectivity index (χ1n) is 9.78. The van der Waals surface area contributed by atoms with Crippen LogP contribution < -0.4 is 15.6 Å². The van der Waals surface area contributed by atoms with Crippen LogP contribution in [0.1, 0.15) is 59.8 Å². The molecule has 0 aliphatic carbocycles. The molecular formula is C22H26F2N2O4. The van der Waals surface area contributed by atoms with E-state index in [-0.39, 0.29) is 5.56 Å². The fourth-order valence-electron chi connectivity index (χ4n) is 3.02. The van der Waals surface area contributed by atoms with Crippen LogP contribution in [0.2, 0.25) is 0 Å². The molecule has 0 aromatic heterocycles. The maximum absolute atomic E-state index is 13.3. The first-order valence-corrected chi connectivity index (χ1v) is 9.78. The van der Waals surface area contributed by atoms with Gasteiger partial charge in [0.1, 0.15) is 17.4 Å². The van der Waals surface area contributed by atoms with Crippen molar-refractivity contribution in [1.29, 1.82) is 0 Å². The number of amides is 2. The lowest BCUT2D eigenvalue weighted by Gasteiger charge is -2.17. The van der Waals surface area contributed by atoms with Gasteiger partial charge in [0.05, 0.1) is 6.61 Å². The van der Waals surface area contributed by atoms with Crippen LogP contribution in [0.15, 0.2) is 30.3 Å². The van der Waals surface area contributed by atoms with E-state index in [9.17, 15) is 23.5 Å². The predicted molar refractivity (Wildman–Crippen MR) is 108 cm³/mol. The molecule has 2 amide bonds. The van der Waals surface area contributed by atoms with Gasteiger partial charge in [-0.1, -0.05) is 20.3 Å². The molecule has 30 heavy (non-hydrogen) atoms. The molecule has 0 aliphatic rings. The molecule has 0 unspecified atom stereocenters. The number of carbonyl (C=O) groups excluding carboxylic acids is 2. The maximum Gasteiger partial charge on any atom is 0.271 e. The summed E-state index contributed by atoms with van der Waals surface area (Å²) in [6, 6.07) is 5.61. The number of aliphatic hydroxyl groups is 1. The summed E-state index contributed by atoms with van der Waals surface area (Å²) in [6.07, 6.45) is 0.650. The summed E-state index contributed by atoms with van der Waals surface area (Å²) in [7, 11) is 0. The third-order valence-corrected chi connectivity index (χ3v) is 4.65. The number of hydrazine groups is 1. The van der Waals surface area contributed by atoms with Gasteiger partial charge >= 0.3 is 0 Å². The van der Waals surface area contributed by atoms with E-state index in [0.717, 1.165) is 36.1 Å².